The van der Waals surface area contributed by atoms with E-state index in [9.17, 15) is 4.79 Å². The summed E-state index contributed by atoms with van der Waals surface area (Å²) < 4.78 is 11.0. The Kier molecular flexibility index (Phi) is 3.36. The van der Waals surface area contributed by atoms with Crippen molar-refractivity contribution >= 4 is 12.1 Å². The maximum absolute atomic E-state index is 11.9. The number of aromatic nitrogens is 1. The summed E-state index contributed by atoms with van der Waals surface area (Å²) in [6, 6.07) is 10.9. The van der Waals surface area contributed by atoms with Crippen LogP contribution in [-0.2, 0) is 4.79 Å². The molecule has 2 aromatic rings. The first kappa shape index (κ1) is 12.3. The topological polar surface area (TPSA) is 75.7 Å². The lowest BCUT2D eigenvalue weighted by Gasteiger charge is -2.24. The van der Waals surface area contributed by atoms with Gasteiger partial charge >= 0.3 is 0 Å². The zero-order chi connectivity index (χ0) is 13.8. The summed E-state index contributed by atoms with van der Waals surface area (Å²) in [6.45, 7) is 0.168. The van der Waals surface area contributed by atoms with Gasteiger partial charge in [0.1, 0.15) is 6.61 Å². The lowest BCUT2D eigenvalue weighted by Crippen LogP contribution is -2.42. The number of carbonyl (C=O) groups is 1. The van der Waals surface area contributed by atoms with Crippen molar-refractivity contribution in [1.82, 2.24) is 10.4 Å². The van der Waals surface area contributed by atoms with Crippen molar-refractivity contribution in [3.8, 4) is 11.5 Å². The SMILES string of the molecule is O=C(N/N=C/c1ccc[nH]1)[C@H]1COc2ccccc2O1. The van der Waals surface area contributed by atoms with E-state index >= 15 is 0 Å². The van der Waals surface area contributed by atoms with Gasteiger partial charge in [0, 0.05) is 6.20 Å². The van der Waals surface area contributed by atoms with Crippen LogP contribution in [0.5, 0.6) is 11.5 Å². The smallest absolute Gasteiger partial charge is 0.284 e. The molecule has 0 fully saturated rings. The van der Waals surface area contributed by atoms with Crippen LogP contribution in [0.4, 0.5) is 0 Å². The number of hydrogen-bond donors (Lipinski definition) is 2. The van der Waals surface area contributed by atoms with Crippen molar-refractivity contribution in [2.75, 3.05) is 6.61 Å². The van der Waals surface area contributed by atoms with E-state index in [4.69, 9.17) is 9.47 Å². The molecule has 1 aliphatic rings. The van der Waals surface area contributed by atoms with Gasteiger partial charge in [-0.2, -0.15) is 5.10 Å². The fraction of sp³-hybridized carbons (Fsp3) is 0.143. The zero-order valence-corrected chi connectivity index (χ0v) is 10.6. The molecule has 0 bridgehead atoms. The molecule has 0 saturated carbocycles. The molecule has 2 heterocycles. The molecule has 20 heavy (non-hydrogen) atoms. The van der Waals surface area contributed by atoms with Gasteiger partial charge in [-0.25, -0.2) is 5.43 Å². The van der Waals surface area contributed by atoms with Crippen LogP contribution in [0.15, 0.2) is 47.7 Å². The molecule has 1 aromatic heterocycles. The summed E-state index contributed by atoms with van der Waals surface area (Å²) in [5.74, 6) is 0.862. The van der Waals surface area contributed by atoms with E-state index in [1.807, 2.05) is 24.3 Å². The fourth-order valence-electron chi connectivity index (χ4n) is 1.81. The van der Waals surface area contributed by atoms with Gasteiger partial charge in [0.2, 0.25) is 6.10 Å². The summed E-state index contributed by atoms with van der Waals surface area (Å²) in [4.78, 5) is 14.8. The number of nitrogens with one attached hydrogen (secondary N) is 2. The first-order valence-electron chi connectivity index (χ1n) is 6.18. The highest BCUT2D eigenvalue weighted by atomic mass is 16.6. The third kappa shape index (κ3) is 2.64. The molecule has 0 radical (unpaired) electrons. The van der Waals surface area contributed by atoms with Gasteiger partial charge in [-0.15, -0.1) is 0 Å². The van der Waals surface area contributed by atoms with Gasteiger partial charge in [-0.3, -0.25) is 4.79 Å². The molecule has 1 aromatic carbocycles. The molecule has 0 unspecified atom stereocenters. The van der Waals surface area contributed by atoms with Gasteiger partial charge in [-0.1, -0.05) is 12.1 Å². The third-order valence-electron chi connectivity index (χ3n) is 2.80. The second-order valence-corrected chi connectivity index (χ2v) is 4.22. The summed E-state index contributed by atoms with van der Waals surface area (Å²) >= 11 is 0. The standard InChI is InChI=1S/C14H13N3O3/c18-14(17-16-8-10-4-3-7-15-10)13-9-19-11-5-1-2-6-12(11)20-13/h1-8,13,15H,9H2,(H,17,18)/b16-8+/t13-/m1/s1. The second kappa shape index (κ2) is 5.48. The van der Waals surface area contributed by atoms with Gasteiger partial charge in [-0.05, 0) is 24.3 Å². The molecule has 0 spiro atoms. The molecule has 3 rings (SSSR count). The number of nitrogens with zero attached hydrogens (tertiary/aromatic N) is 1. The van der Waals surface area contributed by atoms with E-state index in [1.165, 1.54) is 6.21 Å². The third-order valence-corrected chi connectivity index (χ3v) is 2.80. The Hall–Kier alpha value is -2.76. The van der Waals surface area contributed by atoms with Crippen molar-refractivity contribution in [2.45, 2.75) is 6.10 Å². The van der Waals surface area contributed by atoms with Crippen LogP contribution in [0.25, 0.3) is 0 Å². The number of aromatic amines is 1. The van der Waals surface area contributed by atoms with Crippen molar-refractivity contribution in [3.63, 3.8) is 0 Å². The minimum absolute atomic E-state index is 0.168. The normalized spacial score (nSPS) is 17.1. The first-order chi connectivity index (χ1) is 9.83. The van der Waals surface area contributed by atoms with Crippen molar-refractivity contribution in [1.29, 1.82) is 0 Å². The summed E-state index contributed by atoms with van der Waals surface area (Å²) in [5.41, 5.74) is 3.23. The Balaban J connectivity index is 1.59. The molecule has 0 saturated heterocycles. The van der Waals surface area contributed by atoms with Crippen molar-refractivity contribution in [2.24, 2.45) is 5.10 Å². The van der Waals surface area contributed by atoms with E-state index in [0.29, 0.717) is 11.5 Å². The molecule has 102 valence electrons. The van der Waals surface area contributed by atoms with E-state index < -0.39 is 6.10 Å². The van der Waals surface area contributed by atoms with Crippen LogP contribution in [0, 0.1) is 0 Å². The molecule has 6 nitrogen and oxygen atoms in total. The number of ether oxygens (including phenoxy) is 2. The van der Waals surface area contributed by atoms with Crippen LogP contribution in [-0.4, -0.2) is 29.8 Å². The lowest BCUT2D eigenvalue weighted by atomic mass is 10.2. The average Bonchev–Trinajstić information content (AvgIpc) is 3.00. The van der Waals surface area contributed by atoms with Crippen LogP contribution >= 0.6 is 0 Å². The van der Waals surface area contributed by atoms with Crippen LogP contribution in [0.3, 0.4) is 0 Å². The molecular weight excluding hydrogens is 258 g/mol. The number of rotatable bonds is 3. The number of amides is 1. The Bertz CT molecular complexity index is 622. The number of hydrazone groups is 1. The Morgan fingerprint density at radius 3 is 2.95 bits per heavy atom. The summed E-state index contributed by atoms with van der Waals surface area (Å²) in [6.07, 6.45) is 2.60. The van der Waals surface area contributed by atoms with Gasteiger partial charge in [0.05, 0.1) is 11.9 Å². The minimum Gasteiger partial charge on any atom is -0.485 e. The Labute approximate surface area is 115 Å². The Morgan fingerprint density at radius 2 is 2.15 bits per heavy atom. The number of hydrogen-bond acceptors (Lipinski definition) is 4. The van der Waals surface area contributed by atoms with E-state index in [0.717, 1.165) is 5.69 Å². The van der Waals surface area contributed by atoms with Crippen molar-refractivity contribution < 1.29 is 14.3 Å². The highest BCUT2D eigenvalue weighted by Gasteiger charge is 2.26. The van der Waals surface area contributed by atoms with E-state index in [-0.39, 0.29) is 12.5 Å². The van der Waals surface area contributed by atoms with Gasteiger partial charge < -0.3 is 14.5 Å². The number of benzene rings is 1. The number of H-pyrrole nitrogens is 1. The maximum Gasteiger partial charge on any atom is 0.284 e. The largest absolute Gasteiger partial charge is 0.485 e. The van der Waals surface area contributed by atoms with Crippen LogP contribution < -0.4 is 14.9 Å². The van der Waals surface area contributed by atoms with Gasteiger partial charge in [0.25, 0.3) is 5.91 Å². The first-order valence-corrected chi connectivity index (χ1v) is 6.18. The monoisotopic (exact) mass is 271 g/mol. The molecule has 0 aliphatic carbocycles. The quantitative estimate of drug-likeness (QED) is 0.652. The zero-order valence-electron chi connectivity index (χ0n) is 10.6. The highest BCUT2D eigenvalue weighted by molar-refractivity contribution is 5.84. The molecule has 6 heteroatoms. The number of para-hydroxylation sites is 2. The Morgan fingerprint density at radius 1 is 1.30 bits per heavy atom. The predicted molar refractivity (Wildman–Crippen MR) is 72.9 cm³/mol. The van der Waals surface area contributed by atoms with Crippen LogP contribution in [0.1, 0.15) is 5.69 Å². The van der Waals surface area contributed by atoms with Gasteiger partial charge in [0.15, 0.2) is 11.5 Å². The maximum atomic E-state index is 11.9. The predicted octanol–water partition coefficient (Wildman–Crippen LogP) is 1.30. The van der Waals surface area contributed by atoms with E-state index in [1.54, 1.807) is 18.3 Å². The highest BCUT2D eigenvalue weighted by Crippen LogP contribution is 2.30. The van der Waals surface area contributed by atoms with Crippen molar-refractivity contribution in [3.05, 3.63) is 48.3 Å². The average molecular weight is 271 g/mol. The van der Waals surface area contributed by atoms with Crippen LogP contribution in [0.2, 0.25) is 0 Å². The molecule has 1 aliphatic heterocycles. The fourth-order valence-corrected chi connectivity index (χ4v) is 1.81. The van der Waals surface area contributed by atoms with E-state index in [2.05, 4.69) is 15.5 Å². The molecule has 2 N–H and O–H groups in total. The molecular formula is C14H13N3O3. The molecule has 1 atom stereocenters. The summed E-state index contributed by atoms with van der Waals surface area (Å²) in [5, 5.41) is 3.85. The number of fused-ring (bicyclic) bond motifs is 1. The molecule has 1 amide bonds. The number of carbonyl (C=O) groups excluding carboxylic acids is 1. The summed E-state index contributed by atoms with van der Waals surface area (Å²) in [7, 11) is 0. The lowest BCUT2D eigenvalue weighted by molar-refractivity contribution is -0.130. The second-order valence-electron chi connectivity index (χ2n) is 4.22. The minimum atomic E-state index is -0.703.